The van der Waals surface area contributed by atoms with E-state index in [1.54, 1.807) is 6.20 Å². The molecular weight excluding hydrogens is 670 g/mol. The Hall–Kier alpha value is -6.63. The smallest absolute Gasteiger partial charge is 0.185 e. The number of alkyl halides is 1. The van der Waals surface area contributed by atoms with Crippen molar-refractivity contribution in [3.63, 3.8) is 0 Å². The van der Waals surface area contributed by atoms with Crippen LogP contribution >= 0.6 is 0 Å². The van der Waals surface area contributed by atoms with Gasteiger partial charge in [0.15, 0.2) is 14.2 Å². The molecule has 0 saturated carbocycles. The van der Waals surface area contributed by atoms with E-state index in [2.05, 4.69) is 101 Å². The van der Waals surface area contributed by atoms with Gasteiger partial charge in [0.05, 0.1) is 5.69 Å². The number of anilines is 3. The van der Waals surface area contributed by atoms with Gasteiger partial charge in [-0.2, -0.15) is 0 Å². The summed E-state index contributed by atoms with van der Waals surface area (Å²) in [5.41, 5.74) is 5.86. The van der Waals surface area contributed by atoms with E-state index in [0.29, 0.717) is 16.7 Å². The van der Waals surface area contributed by atoms with Gasteiger partial charge in [-0.3, -0.25) is 9.88 Å². The van der Waals surface area contributed by atoms with Gasteiger partial charge in [0.2, 0.25) is 0 Å². The summed E-state index contributed by atoms with van der Waals surface area (Å²) in [6.45, 7) is 0. The molecule has 4 heterocycles. The maximum atomic E-state index is 17.8. The number of pyridine rings is 2. The molecule has 0 radical (unpaired) electrons. The highest BCUT2D eigenvalue weighted by atomic mass is 28.3. The minimum Gasteiger partial charge on any atom is -0.456 e. The molecule has 0 fully saturated rings. The highest BCUT2D eigenvalue weighted by molar-refractivity contribution is 7.22. The van der Waals surface area contributed by atoms with E-state index < -0.39 is 14.2 Å². The summed E-state index contributed by atoms with van der Waals surface area (Å²) in [7, 11) is -3.15. The summed E-state index contributed by atoms with van der Waals surface area (Å²) in [4.78, 5) is 11.7. The number of fused-ring (bicyclic) bond motifs is 6. The Morgan fingerprint density at radius 2 is 1.26 bits per heavy atom. The SMILES string of the molecule is FC(c1cccc(-c2ccccn2)c1)c1cc2c(c3c1oc1ccccc13)[Si](c1ccccc1)(c1ccccc1)c1ccccc1N2c1ccccn1. The molecule has 53 heavy (non-hydrogen) atoms. The van der Waals surface area contributed by atoms with Gasteiger partial charge >= 0.3 is 0 Å². The number of furan rings is 1. The lowest BCUT2D eigenvalue weighted by molar-refractivity contribution is 0.401. The van der Waals surface area contributed by atoms with Crippen molar-refractivity contribution in [2.24, 2.45) is 0 Å². The Balaban J connectivity index is 1.37. The van der Waals surface area contributed by atoms with Crippen molar-refractivity contribution >= 4 is 68.0 Å². The first kappa shape index (κ1) is 31.1. The lowest BCUT2D eigenvalue weighted by Gasteiger charge is -2.45. The van der Waals surface area contributed by atoms with E-state index in [-0.39, 0.29) is 0 Å². The van der Waals surface area contributed by atoms with Crippen LogP contribution in [0.4, 0.5) is 21.6 Å². The summed E-state index contributed by atoms with van der Waals surface area (Å²) in [5, 5.41) is 6.75. The van der Waals surface area contributed by atoms with Gasteiger partial charge < -0.3 is 4.42 Å². The minimum absolute atomic E-state index is 0.470. The molecule has 3 aromatic heterocycles. The van der Waals surface area contributed by atoms with Crippen molar-refractivity contribution in [3.8, 4) is 11.3 Å². The molecule has 0 spiro atoms. The van der Waals surface area contributed by atoms with E-state index >= 15 is 4.39 Å². The second-order valence-corrected chi connectivity index (χ2v) is 17.1. The normalized spacial score (nSPS) is 13.8. The Morgan fingerprint density at radius 1 is 0.585 bits per heavy atom. The minimum atomic E-state index is -3.15. The van der Waals surface area contributed by atoms with Gasteiger partial charge in [0.25, 0.3) is 0 Å². The van der Waals surface area contributed by atoms with Crippen LogP contribution in [0.5, 0.6) is 0 Å². The molecule has 1 unspecified atom stereocenters. The molecule has 6 heteroatoms. The summed E-state index contributed by atoms with van der Waals surface area (Å²) >= 11 is 0. The van der Waals surface area contributed by atoms with Crippen LogP contribution in [-0.4, -0.2) is 18.0 Å². The molecule has 252 valence electrons. The van der Waals surface area contributed by atoms with Crippen molar-refractivity contribution in [2.45, 2.75) is 6.17 Å². The zero-order valence-corrected chi connectivity index (χ0v) is 29.6. The fourth-order valence-electron chi connectivity index (χ4n) is 8.35. The summed E-state index contributed by atoms with van der Waals surface area (Å²) < 4.78 is 24.6. The molecule has 4 nitrogen and oxygen atoms in total. The highest BCUT2D eigenvalue weighted by Gasteiger charge is 2.51. The van der Waals surface area contributed by atoms with Crippen molar-refractivity contribution in [3.05, 3.63) is 199 Å². The number of para-hydroxylation sites is 2. The molecule has 9 aromatic rings. The summed E-state index contributed by atoms with van der Waals surface area (Å²) in [6, 6.07) is 59.9. The fourth-order valence-corrected chi connectivity index (χ4v) is 13.7. The van der Waals surface area contributed by atoms with Crippen LogP contribution < -0.4 is 25.6 Å². The number of aromatic nitrogens is 2. The monoisotopic (exact) mass is 701 g/mol. The largest absolute Gasteiger partial charge is 0.456 e. The molecule has 1 aliphatic heterocycles. The topological polar surface area (TPSA) is 42.2 Å². The van der Waals surface area contributed by atoms with Crippen LogP contribution in [0.1, 0.15) is 17.3 Å². The second-order valence-electron chi connectivity index (χ2n) is 13.4. The molecule has 0 bridgehead atoms. The van der Waals surface area contributed by atoms with Crippen LogP contribution in [0.15, 0.2) is 193 Å². The van der Waals surface area contributed by atoms with Gasteiger partial charge in [-0.15, -0.1) is 0 Å². The number of halogens is 1. The van der Waals surface area contributed by atoms with Crippen LogP contribution in [0.25, 0.3) is 33.2 Å². The van der Waals surface area contributed by atoms with Crippen LogP contribution in [0, 0.1) is 0 Å². The number of rotatable bonds is 6. The number of hydrogen-bond acceptors (Lipinski definition) is 4. The highest BCUT2D eigenvalue weighted by Crippen LogP contribution is 2.45. The molecule has 0 saturated heterocycles. The molecule has 0 amide bonds. The summed E-state index contributed by atoms with van der Waals surface area (Å²) in [6.07, 6.45) is 2.08. The third-order valence-electron chi connectivity index (χ3n) is 10.5. The fraction of sp³-hybridized carbons (Fsp3) is 0.0213. The molecule has 1 aliphatic rings. The summed E-state index contributed by atoms with van der Waals surface area (Å²) in [5.74, 6) is 0.760. The van der Waals surface area contributed by atoms with Gasteiger partial charge in [-0.25, -0.2) is 9.37 Å². The van der Waals surface area contributed by atoms with E-state index in [9.17, 15) is 0 Å². The maximum absolute atomic E-state index is 17.8. The van der Waals surface area contributed by atoms with E-state index in [4.69, 9.17) is 9.40 Å². The van der Waals surface area contributed by atoms with Crippen LogP contribution in [0.2, 0.25) is 0 Å². The predicted octanol–water partition coefficient (Wildman–Crippen LogP) is 9.26. The average Bonchev–Trinajstić information content (AvgIpc) is 3.63. The Morgan fingerprint density at radius 3 is 2.00 bits per heavy atom. The first-order chi connectivity index (χ1) is 26.2. The van der Waals surface area contributed by atoms with Gasteiger partial charge in [-0.05, 0) is 74.8 Å². The van der Waals surface area contributed by atoms with Crippen LogP contribution in [-0.2, 0) is 0 Å². The van der Waals surface area contributed by atoms with Gasteiger partial charge in [0, 0.05) is 45.7 Å². The first-order valence-electron chi connectivity index (χ1n) is 17.8. The molecule has 1 atom stereocenters. The third kappa shape index (κ3) is 4.80. The average molecular weight is 702 g/mol. The van der Waals surface area contributed by atoms with Crippen molar-refractivity contribution in [1.82, 2.24) is 9.97 Å². The molecular formula is C47H32FN3OSi. The second kappa shape index (κ2) is 12.5. The predicted molar refractivity (Wildman–Crippen MR) is 216 cm³/mol. The standard InChI is InChI=1S/C47H32FN3OSi/c48-45(33-17-15-16-32(30-33)38-23-11-13-28-49-38)37-31-40-47(44-36-22-7-9-25-41(36)52-46(37)44)53(34-18-3-1-4-19-34,35-20-5-2-6-21-35)42-26-10-8-24-39(42)51(40)43-27-12-14-29-50-43/h1-31,45H. The Bertz CT molecular complexity index is 2720. The van der Waals surface area contributed by atoms with E-state index in [0.717, 1.165) is 50.0 Å². The first-order valence-corrected chi connectivity index (χ1v) is 19.8. The van der Waals surface area contributed by atoms with E-state index in [1.807, 2.05) is 91.1 Å². The Kier molecular flexibility index (Phi) is 7.37. The zero-order valence-electron chi connectivity index (χ0n) is 28.6. The lowest BCUT2D eigenvalue weighted by atomic mass is 9.96. The number of hydrogen-bond donors (Lipinski definition) is 0. The van der Waals surface area contributed by atoms with Crippen molar-refractivity contribution in [2.75, 3.05) is 4.90 Å². The van der Waals surface area contributed by atoms with E-state index in [1.165, 1.54) is 15.6 Å². The van der Waals surface area contributed by atoms with Crippen molar-refractivity contribution < 1.29 is 8.81 Å². The number of nitrogens with zero attached hydrogens (tertiary/aromatic N) is 3. The molecule has 0 aliphatic carbocycles. The third-order valence-corrected chi connectivity index (χ3v) is 15.4. The Labute approximate surface area is 307 Å². The van der Waals surface area contributed by atoms with Crippen molar-refractivity contribution in [1.29, 1.82) is 0 Å². The zero-order chi connectivity index (χ0) is 35.4. The van der Waals surface area contributed by atoms with Crippen LogP contribution in [0.3, 0.4) is 0 Å². The molecule has 0 N–H and O–H groups in total. The maximum Gasteiger partial charge on any atom is 0.185 e. The van der Waals surface area contributed by atoms with Gasteiger partial charge in [0.1, 0.15) is 17.0 Å². The number of benzene rings is 6. The van der Waals surface area contributed by atoms with Gasteiger partial charge in [-0.1, -0.05) is 127 Å². The lowest BCUT2D eigenvalue weighted by Crippen LogP contribution is -2.77. The molecule has 10 rings (SSSR count). The molecule has 6 aromatic carbocycles. The quantitative estimate of drug-likeness (QED) is 0.162.